The Morgan fingerprint density at radius 2 is 1.43 bits per heavy atom. The molecule has 16 heteroatoms. The molecule has 3 saturated heterocycles. The van der Waals surface area contributed by atoms with Gasteiger partial charge >= 0.3 is 12.2 Å². The summed E-state index contributed by atoms with van der Waals surface area (Å²) < 4.78 is 28.2. The Balaban J connectivity index is 0.903. The van der Waals surface area contributed by atoms with E-state index in [2.05, 4.69) is 33.8 Å². The molecule has 0 unspecified atom stereocenters. The number of imidazole rings is 1. The van der Waals surface area contributed by atoms with Crippen molar-refractivity contribution in [1.29, 1.82) is 0 Å². The average Bonchev–Trinajstić information content (AvgIpc) is 4.13. The Morgan fingerprint density at radius 3 is 2.10 bits per heavy atom. The minimum Gasteiger partial charge on any atom is -0.488 e. The van der Waals surface area contributed by atoms with Crippen molar-refractivity contribution in [3.8, 4) is 33.9 Å². The number of hydrogen-bond acceptors (Lipinski definition) is 11. The maximum absolute atomic E-state index is 14.1. The molecular weight excluding hydrogens is 783 g/mol. The molecule has 4 atom stereocenters. The smallest absolute Gasteiger partial charge is 0.407 e. The zero-order valence-electron chi connectivity index (χ0n) is 35.1. The van der Waals surface area contributed by atoms with E-state index in [0.717, 1.165) is 87.5 Å². The third-order valence-corrected chi connectivity index (χ3v) is 13.0. The summed E-state index contributed by atoms with van der Waals surface area (Å²) in [5.41, 5.74) is 8.82. The molecule has 7 heterocycles. The van der Waals surface area contributed by atoms with Gasteiger partial charge in [0.15, 0.2) is 0 Å². The van der Waals surface area contributed by atoms with E-state index in [-0.39, 0.29) is 35.7 Å². The second-order valence-electron chi connectivity index (χ2n) is 17.0. The first-order valence-electron chi connectivity index (χ1n) is 21.4. The zero-order chi connectivity index (χ0) is 42.4. The molecule has 322 valence electrons. The molecule has 3 N–H and O–H groups in total. The minimum absolute atomic E-state index is 0.0273. The van der Waals surface area contributed by atoms with Gasteiger partial charge in [-0.15, -0.1) is 0 Å². The molecule has 1 aromatic heterocycles. The largest absolute Gasteiger partial charge is 0.488 e. The predicted molar refractivity (Wildman–Crippen MR) is 224 cm³/mol. The monoisotopic (exact) mass is 835 g/mol. The molecule has 2 aromatic carbocycles. The molecule has 61 heavy (non-hydrogen) atoms. The van der Waals surface area contributed by atoms with Gasteiger partial charge in [0, 0.05) is 72.5 Å². The quantitative estimate of drug-likeness (QED) is 0.222. The van der Waals surface area contributed by atoms with E-state index in [9.17, 15) is 19.2 Å². The molecule has 3 aromatic rings. The first-order valence-corrected chi connectivity index (χ1v) is 21.4. The van der Waals surface area contributed by atoms with Crippen molar-refractivity contribution >= 4 is 35.3 Å². The first-order chi connectivity index (χ1) is 29.6. The number of hydrogen-bond donors (Lipinski definition) is 3. The number of allylic oxidation sites excluding steroid dienone is 1. The number of nitrogens with one attached hydrogen (secondary N) is 3. The summed E-state index contributed by atoms with van der Waals surface area (Å²) in [4.78, 5) is 69.0. The van der Waals surface area contributed by atoms with Crippen LogP contribution >= 0.6 is 0 Å². The molecule has 6 aliphatic heterocycles. The lowest BCUT2D eigenvalue weighted by atomic mass is 9.86. The fraction of sp³-hybridized carbons (Fsp3) is 0.511. The van der Waals surface area contributed by atoms with Gasteiger partial charge in [0.25, 0.3) is 0 Å². The molecule has 6 aliphatic rings. The number of benzene rings is 2. The van der Waals surface area contributed by atoms with Crippen LogP contribution in [-0.4, -0.2) is 108 Å². The van der Waals surface area contributed by atoms with E-state index < -0.39 is 24.3 Å². The lowest BCUT2D eigenvalue weighted by Gasteiger charge is -2.34. The Labute approximate surface area is 354 Å². The topological polar surface area (TPSA) is 186 Å². The number of aromatic nitrogens is 2. The van der Waals surface area contributed by atoms with Crippen LogP contribution in [0.25, 0.3) is 28.0 Å². The number of methoxy groups -OCH3 is 2. The summed E-state index contributed by atoms with van der Waals surface area (Å²) in [5.74, 6) is 1.87. The third-order valence-electron chi connectivity index (χ3n) is 13.0. The van der Waals surface area contributed by atoms with E-state index in [0.29, 0.717) is 64.6 Å². The van der Waals surface area contributed by atoms with Crippen molar-refractivity contribution in [3.05, 3.63) is 59.2 Å². The number of H-pyrrole nitrogens is 1. The summed E-state index contributed by atoms with van der Waals surface area (Å²) in [5, 5.41) is 5.54. The van der Waals surface area contributed by atoms with Crippen LogP contribution in [0.2, 0.25) is 0 Å². The number of alkyl carbamates (subject to hydrolysis) is 2. The average molecular weight is 836 g/mol. The maximum atomic E-state index is 14.1. The first kappa shape index (κ1) is 40.5. The predicted octanol–water partition coefficient (Wildman–Crippen LogP) is 5.90. The highest BCUT2D eigenvalue weighted by Crippen LogP contribution is 2.51. The van der Waals surface area contributed by atoms with E-state index in [1.54, 1.807) is 11.1 Å². The number of nitrogens with zero attached hydrogens (tertiary/aromatic N) is 4. The Kier molecular flexibility index (Phi) is 11.2. The number of carbonyl (C=O) groups is 4. The number of carbonyl (C=O) groups excluding carboxylic acids is 4. The van der Waals surface area contributed by atoms with Crippen LogP contribution < -0.4 is 20.1 Å². The number of amides is 4. The SMILES string of the molecule is COC(=O)N[C@H](C(=O)N1CCC[C@H]1c1ncc(-c2cc3c4c(c2)OCc2cc(C5=CN=C([C@@H]6CCCN6C(=O)[C@@H](NC(=O)OC)C6CCOCC6)C5)cc(c2-4)OC3)[nH]1)C(C)C. The Morgan fingerprint density at radius 1 is 0.803 bits per heavy atom. The van der Waals surface area contributed by atoms with Crippen LogP contribution in [0.3, 0.4) is 0 Å². The van der Waals surface area contributed by atoms with Crippen molar-refractivity contribution in [1.82, 2.24) is 30.4 Å². The maximum Gasteiger partial charge on any atom is 0.407 e. The van der Waals surface area contributed by atoms with Crippen LogP contribution in [0.5, 0.6) is 11.5 Å². The van der Waals surface area contributed by atoms with Gasteiger partial charge in [0.2, 0.25) is 11.8 Å². The Hall–Kier alpha value is -5.90. The van der Waals surface area contributed by atoms with Gasteiger partial charge in [-0.1, -0.05) is 13.8 Å². The van der Waals surface area contributed by atoms with Gasteiger partial charge in [-0.3, -0.25) is 14.6 Å². The van der Waals surface area contributed by atoms with Crippen LogP contribution in [0.4, 0.5) is 9.59 Å². The molecule has 0 spiro atoms. The molecule has 0 radical (unpaired) electrons. The lowest BCUT2D eigenvalue weighted by molar-refractivity contribution is -0.136. The van der Waals surface area contributed by atoms with Gasteiger partial charge in [-0.05, 0) is 85.8 Å². The number of aromatic amines is 1. The van der Waals surface area contributed by atoms with Gasteiger partial charge in [0.05, 0.1) is 38.2 Å². The molecule has 16 nitrogen and oxygen atoms in total. The summed E-state index contributed by atoms with van der Waals surface area (Å²) in [6.45, 7) is 6.82. The van der Waals surface area contributed by atoms with Crippen molar-refractivity contribution < 1.29 is 42.9 Å². The van der Waals surface area contributed by atoms with E-state index in [1.165, 1.54) is 14.2 Å². The van der Waals surface area contributed by atoms with Crippen LogP contribution in [0.1, 0.15) is 87.3 Å². The highest BCUT2D eigenvalue weighted by Gasteiger charge is 2.42. The van der Waals surface area contributed by atoms with Gasteiger partial charge in [-0.2, -0.15) is 0 Å². The van der Waals surface area contributed by atoms with Gasteiger partial charge in [-0.25, -0.2) is 14.6 Å². The summed E-state index contributed by atoms with van der Waals surface area (Å²) in [6, 6.07) is 6.61. The number of aliphatic imine (C=N–C) groups is 1. The van der Waals surface area contributed by atoms with Crippen molar-refractivity contribution in [3.63, 3.8) is 0 Å². The van der Waals surface area contributed by atoms with Crippen molar-refractivity contribution in [2.45, 2.75) is 96.2 Å². The second-order valence-corrected chi connectivity index (χ2v) is 17.0. The number of likely N-dealkylation sites (tertiary alicyclic amines) is 2. The normalized spacial score (nSPS) is 21.5. The lowest BCUT2D eigenvalue weighted by Crippen LogP contribution is -2.55. The summed E-state index contributed by atoms with van der Waals surface area (Å²) in [6.07, 6.45) is 7.71. The number of rotatable bonds is 10. The van der Waals surface area contributed by atoms with Gasteiger partial charge in [0.1, 0.15) is 42.6 Å². The molecular formula is C45H53N7O9. The molecule has 4 amide bonds. The fourth-order valence-electron chi connectivity index (χ4n) is 9.87. The zero-order valence-corrected chi connectivity index (χ0v) is 35.1. The second kappa shape index (κ2) is 16.9. The molecule has 9 rings (SSSR count). The third kappa shape index (κ3) is 7.70. The van der Waals surface area contributed by atoms with E-state index in [1.807, 2.05) is 31.0 Å². The summed E-state index contributed by atoms with van der Waals surface area (Å²) in [7, 11) is 2.60. The van der Waals surface area contributed by atoms with Crippen molar-refractivity contribution in [2.75, 3.05) is 40.5 Å². The van der Waals surface area contributed by atoms with Crippen LogP contribution in [-0.2, 0) is 37.0 Å². The summed E-state index contributed by atoms with van der Waals surface area (Å²) >= 11 is 0. The van der Waals surface area contributed by atoms with E-state index >= 15 is 0 Å². The molecule has 0 bridgehead atoms. The number of ether oxygens (including phenoxy) is 5. The standard InChI is InChI=1S/C45H53N7O9/c1-24(2)39(49-44(55)57-3)42(53)52-12-6-8-34(52)41-47-21-32(48-41)27-16-30-23-60-35-18-26(15-29-22-61-36(19-27)38(30)37(29)35)28-17-31(46-20-28)33-7-5-11-51(33)43(54)40(50-45(56)58-4)25-9-13-59-14-10-25/h15-16,18-21,24-25,33-34,39-40H,5-14,17,22-23H2,1-4H3,(H,47,48)(H,49,55)(H,50,56)/t33-,34-,39-,40-/m0/s1. The Bertz CT molecular complexity index is 2250. The van der Waals surface area contributed by atoms with Gasteiger partial charge < -0.3 is 49.1 Å². The molecule has 3 fully saturated rings. The molecule has 0 aliphatic carbocycles. The van der Waals surface area contributed by atoms with Crippen LogP contribution in [0.15, 0.2) is 41.7 Å². The fourth-order valence-corrected chi connectivity index (χ4v) is 9.87. The highest BCUT2D eigenvalue weighted by molar-refractivity contribution is 6.04. The highest BCUT2D eigenvalue weighted by atomic mass is 16.5. The molecule has 0 saturated carbocycles. The van der Waals surface area contributed by atoms with Crippen molar-refractivity contribution in [2.24, 2.45) is 16.8 Å². The minimum atomic E-state index is -0.710. The van der Waals surface area contributed by atoms with E-state index in [4.69, 9.17) is 33.7 Å². The van der Waals surface area contributed by atoms with Crippen LogP contribution in [0, 0.1) is 11.8 Å².